The van der Waals surface area contributed by atoms with Crippen molar-refractivity contribution in [2.24, 2.45) is 5.92 Å². The number of ether oxygens (including phenoxy) is 1. The van der Waals surface area contributed by atoms with E-state index in [1.807, 2.05) is 36.8 Å². The third-order valence-electron chi connectivity index (χ3n) is 6.90. The van der Waals surface area contributed by atoms with Gasteiger partial charge in [-0.15, -0.1) is 0 Å². The van der Waals surface area contributed by atoms with E-state index in [0.717, 1.165) is 71.0 Å². The second kappa shape index (κ2) is 8.47. The highest BCUT2D eigenvalue weighted by Gasteiger charge is 2.22. The van der Waals surface area contributed by atoms with E-state index in [9.17, 15) is 0 Å². The van der Waals surface area contributed by atoms with Gasteiger partial charge in [0.2, 0.25) is 0 Å². The van der Waals surface area contributed by atoms with E-state index in [0.29, 0.717) is 18.2 Å². The maximum atomic E-state index is 7.32. The number of imidazole rings is 1. The molecular formula is C27H26N6O. The van der Waals surface area contributed by atoms with Crippen molar-refractivity contribution in [2.75, 3.05) is 38.2 Å². The van der Waals surface area contributed by atoms with Crippen molar-refractivity contribution in [1.82, 2.24) is 19.9 Å². The Morgan fingerprint density at radius 2 is 2.00 bits per heavy atom. The summed E-state index contributed by atoms with van der Waals surface area (Å²) in [4.78, 5) is 15.6. The Labute approximate surface area is 198 Å². The van der Waals surface area contributed by atoms with Crippen molar-refractivity contribution < 1.29 is 4.74 Å². The number of nitrogens with one attached hydrogen (secondary N) is 1. The molecule has 0 radical (unpaired) electrons. The number of aromatic nitrogens is 3. The molecule has 2 aliphatic rings. The molecule has 4 heterocycles. The molecule has 7 heteroatoms. The highest BCUT2D eigenvalue weighted by Crippen LogP contribution is 2.40. The van der Waals surface area contributed by atoms with Crippen LogP contribution in [0.1, 0.15) is 6.42 Å². The third-order valence-corrected chi connectivity index (χ3v) is 6.90. The molecule has 0 spiro atoms. The Hall–Kier alpha value is -3.89. The molecule has 1 N–H and O–H groups in total. The first kappa shape index (κ1) is 20.7. The van der Waals surface area contributed by atoms with Gasteiger partial charge in [0, 0.05) is 24.7 Å². The highest BCUT2D eigenvalue weighted by molar-refractivity contribution is 5.99. The number of fused-ring (bicyclic) bond motifs is 2. The lowest BCUT2D eigenvalue weighted by Crippen LogP contribution is -2.28. The number of rotatable bonds is 4. The summed E-state index contributed by atoms with van der Waals surface area (Å²) < 4.78 is 8.20. The molecule has 6 rings (SSSR count). The van der Waals surface area contributed by atoms with Gasteiger partial charge in [0.25, 0.3) is 0 Å². The minimum Gasteiger partial charge on any atom is -0.490 e. The van der Waals surface area contributed by atoms with Gasteiger partial charge >= 0.3 is 0 Å². The van der Waals surface area contributed by atoms with E-state index in [1.165, 1.54) is 6.42 Å². The summed E-state index contributed by atoms with van der Waals surface area (Å²) in [5.41, 5.74) is 7.54. The summed E-state index contributed by atoms with van der Waals surface area (Å²) in [6.45, 7) is 11.9. The van der Waals surface area contributed by atoms with E-state index in [-0.39, 0.29) is 0 Å². The zero-order valence-corrected chi connectivity index (χ0v) is 19.2. The van der Waals surface area contributed by atoms with Crippen LogP contribution in [0.2, 0.25) is 0 Å². The first-order chi connectivity index (χ1) is 16.7. The minimum absolute atomic E-state index is 0.605. The standard InChI is InChI=1S/C27H26N6O/c1-28-21-6-3-19(4-7-21)25-26(20-5-8-22-24(13-20)34-12-11-32(22)2)30-15-23-27(25)31-17-33(23)16-18-9-10-29-14-18/h3-8,13,15,17-18,29H,9-12,14,16H2,2H3. The number of anilines is 1. The number of likely N-dealkylation sites (N-methyl/N-ethyl adjacent to an activating group) is 1. The van der Waals surface area contributed by atoms with Crippen LogP contribution in [0.5, 0.6) is 5.75 Å². The van der Waals surface area contributed by atoms with Gasteiger partial charge in [-0.1, -0.05) is 30.3 Å². The van der Waals surface area contributed by atoms with Gasteiger partial charge in [-0.05, 0) is 43.1 Å². The number of pyridine rings is 1. The molecule has 2 aliphatic heterocycles. The second-order valence-corrected chi connectivity index (χ2v) is 9.08. The van der Waals surface area contributed by atoms with Gasteiger partial charge in [0.05, 0.1) is 42.5 Å². The third kappa shape index (κ3) is 3.57. The largest absolute Gasteiger partial charge is 0.490 e. The van der Waals surface area contributed by atoms with E-state index in [4.69, 9.17) is 21.3 Å². The van der Waals surface area contributed by atoms with Gasteiger partial charge in [-0.3, -0.25) is 4.98 Å². The van der Waals surface area contributed by atoms with Crippen molar-refractivity contribution in [3.8, 4) is 28.1 Å². The van der Waals surface area contributed by atoms with Crippen LogP contribution < -0.4 is 15.0 Å². The van der Waals surface area contributed by atoms with Gasteiger partial charge < -0.3 is 19.5 Å². The van der Waals surface area contributed by atoms with E-state index in [2.05, 4.69) is 44.9 Å². The first-order valence-electron chi connectivity index (χ1n) is 11.7. The number of benzene rings is 2. The van der Waals surface area contributed by atoms with Gasteiger partial charge in [0.1, 0.15) is 17.9 Å². The summed E-state index contributed by atoms with van der Waals surface area (Å²) in [5, 5.41) is 3.45. The molecule has 34 heavy (non-hydrogen) atoms. The normalized spacial score (nSPS) is 17.4. The molecule has 1 saturated heterocycles. The lowest BCUT2D eigenvalue weighted by atomic mass is 9.97. The van der Waals surface area contributed by atoms with Crippen LogP contribution >= 0.6 is 0 Å². The number of nitrogens with zero attached hydrogens (tertiary/aromatic N) is 5. The van der Waals surface area contributed by atoms with Crippen molar-refractivity contribution in [1.29, 1.82) is 0 Å². The highest BCUT2D eigenvalue weighted by atomic mass is 16.5. The fraction of sp³-hybridized carbons (Fsp3) is 0.296. The Balaban J connectivity index is 1.51. The SMILES string of the molecule is [C-]#[N+]c1ccc(-c2c(-c3ccc4c(c3)OCCN4C)ncc3c2ncn3CC2CCNC2)cc1. The van der Waals surface area contributed by atoms with Crippen molar-refractivity contribution in [3.63, 3.8) is 0 Å². The Morgan fingerprint density at radius 3 is 2.79 bits per heavy atom. The van der Waals surface area contributed by atoms with Crippen LogP contribution in [0.15, 0.2) is 55.0 Å². The van der Waals surface area contributed by atoms with Crippen LogP contribution in [0, 0.1) is 12.5 Å². The van der Waals surface area contributed by atoms with Crippen LogP contribution in [0.25, 0.3) is 38.3 Å². The number of hydrogen-bond acceptors (Lipinski definition) is 5. The monoisotopic (exact) mass is 450 g/mol. The second-order valence-electron chi connectivity index (χ2n) is 9.08. The zero-order chi connectivity index (χ0) is 23.1. The topological polar surface area (TPSA) is 59.6 Å². The van der Waals surface area contributed by atoms with E-state index >= 15 is 0 Å². The molecular weight excluding hydrogens is 424 g/mol. The lowest BCUT2D eigenvalue weighted by Gasteiger charge is -2.28. The summed E-state index contributed by atoms with van der Waals surface area (Å²) in [6.07, 6.45) is 5.07. The maximum absolute atomic E-state index is 7.32. The first-order valence-corrected chi connectivity index (χ1v) is 11.7. The van der Waals surface area contributed by atoms with Gasteiger partial charge in [-0.2, -0.15) is 0 Å². The fourth-order valence-corrected chi connectivity index (χ4v) is 5.02. The molecule has 4 aromatic rings. The molecule has 0 amide bonds. The number of hydrogen-bond donors (Lipinski definition) is 1. The molecule has 7 nitrogen and oxygen atoms in total. The molecule has 170 valence electrons. The fourth-order valence-electron chi connectivity index (χ4n) is 5.02. The molecule has 2 aromatic carbocycles. The molecule has 0 saturated carbocycles. The lowest BCUT2D eigenvalue weighted by molar-refractivity contribution is 0.311. The van der Waals surface area contributed by atoms with Crippen molar-refractivity contribution in [2.45, 2.75) is 13.0 Å². The summed E-state index contributed by atoms with van der Waals surface area (Å²) in [6, 6.07) is 14.0. The smallest absolute Gasteiger partial charge is 0.187 e. The van der Waals surface area contributed by atoms with Crippen molar-refractivity contribution in [3.05, 3.63) is 66.4 Å². The molecule has 1 unspecified atom stereocenters. The van der Waals surface area contributed by atoms with E-state index < -0.39 is 0 Å². The Kier molecular flexibility index (Phi) is 5.16. The predicted molar refractivity (Wildman–Crippen MR) is 134 cm³/mol. The van der Waals surface area contributed by atoms with Gasteiger partial charge in [0.15, 0.2) is 5.69 Å². The average Bonchev–Trinajstić information content (AvgIpc) is 3.54. The minimum atomic E-state index is 0.605. The van der Waals surface area contributed by atoms with Crippen LogP contribution in [0.4, 0.5) is 11.4 Å². The summed E-state index contributed by atoms with van der Waals surface area (Å²) >= 11 is 0. The van der Waals surface area contributed by atoms with E-state index in [1.54, 1.807) is 0 Å². The predicted octanol–water partition coefficient (Wildman–Crippen LogP) is 4.75. The Morgan fingerprint density at radius 1 is 1.15 bits per heavy atom. The molecule has 1 fully saturated rings. The summed E-state index contributed by atoms with van der Waals surface area (Å²) in [5.74, 6) is 1.48. The Bertz CT molecular complexity index is 1400. The van der Waals surface area contributed by atoms with Crippen molar-refractivity contribution >= 4 is 22.4 Å². The molecule has 1 atom stereocenters. The average molecular weight is 451 g/mol. The zero-order valence-electron chi connectivity index (χ0n) is 19.2. The molecule has 0 bridgehead atoms. The maximum Gasteiger partial charge on any atom is 0.187 e. The molecule has 0 aliphatic carbocycles. The quantitative estimate of drug-likeness (QED) is 0.455. The molecule has 2 aromatic heterocycles. The van der Waals surface area contributed by atoms with Crippen LogP contribution in [0.3, 0.4) is 0 Å². The van der Waals surface area contributed by atoms with Crippen LogP contribution in [-0.4, -0.2) is 47.8 Å². The van der Waals surface area contributed by atoms with Gasteiger partial charge in [-0.25, -0.2) is 9.83 Å². The van der Waals surface area contributed by atoms with Crippen LogP contribution in [-0.2, 0) is 6.54 Å². The summed E-state index contributed by atoms with van der Waals surface area (Å²) in [7, 11) is 2.09.